The Bertz CT molecular complexity index is 1030. The van der Waals surface area contributed by atoms with Crippen LogP contribution in [0.3, 0.4) is 0 Å². The SMILES string of the molecule is CCCOc1ccccc1/C=C/C(=O)NCc1cn2cc(C(F)(F)F)ccc2n1. The van der Waals surface area contributed by atoms with Gasteiger partial charge in [0.1, 0.15) is 11.4 Å². The van der Waals surface area contributed by atoms with Crippen molar-refractivity contribution in [3.8, 4) is 5.75 Å². The fraction of sp³-hybridized carbons (Fsp3) is 0.238. The van der Waals surface area contributed by atoms with Crippen molar-refractivity contribution in [3.05, 3.63) is 71.7 Å². The molecule has 3 rings (SSSR count). The smallest absolute Gasteiger partial charge is 0.417 e. The first-order valence-electron chi connectivity index (χ1n) is 9.09. The van der Waals surface area contributed by atoms with Crippen molar-refractivity contribution in [3.63, 3.8) is 0 Å². The van der Waals surface area contributed by atoms with E-state index in [1.807, 2.05) is 31.2 Å². The molecule has 0 fully saturated rings. The highest BCUT2D eigenvalue weighted by atomic mass is 19.4. The number of alkyl halides is 3. The molecule has 0 aliphatic rings. The van der Waals surface area contributed by atoms with Gasteiger partial charge in [-0.05, 0) is 30.7 Å². The molecule has 5 nitrogen and oxygen atoms in total. The molecule has 2 heterocycles. The third-order valence-electron chi connectivity index (χ3n) is 4.07. The van der Waals surface area contributed by atoms with Gasteiger partial charge in [0.15, 0.2) is 0 Å². The van der Waals surface area contributed by atoms with E-state index in [0.717, 1.165) is 24.2 Å². The van der Waals surface area contributed by atoms with Gasteiger partial charge < -0.3 is 14.5 Å². The van der Waals surface area contributed by atoms with E-state index in [0.29, 0.717) is 23.7 Å². The summed E-state index contributed by atoms with van der Waals surface area (Å²) in [5, 5.41) is 2.67. The first-order chi connectivity index (χ1) is 13.9. The molecule has 0 atom stereocenters. The number of aromatic nitrogens is 2. The summed E-state index contributed by atoms with van der Waals surface area (Å²) >= 11 is 0. The summed E-state index contributed by atoms with van der Waals surface area (Å²) in [4.78, 5) is 16.3. The predicted molar refractivity (Wildman–Crippen MR) is 103 cm³/mol. The van der Waals surface area contributed by atoms with Crippen LogP contribution in [0.15, 0.2) is 54.9 Å². The Balaban J connectivity index is 1.63. The summed E-state index contributed by atoms with van der Waals surface area (Å²) in [6.07, 6.45) is 1.92. The molecule has 152 valence electrons. The molecule has 3 aromatic rings. The van der Waals surface area contributed by atoms with Crippen LogP contribution in [-0.2, 0) is 17.5 Å². The zero-order valence-electron chi connectivity index (χ0n) is 15.7. The number of fused-ring (bicyclic) bond motifs is 1. The van der Waals surface area contributed by atoms with E-state index in [1.165, 1.54) is 22.7 Å². The van der Waals surface area contributed by atoms with Gasteiger partial charge in [0, 0.05) is 24.0 Å². The number of imidazole rings is 1. The minimum atomic E-state index is -4.42. The highest BCUT2D eigenvalue weighted by molar-refractivity contribution is 5.92. The van der Waals surface area contributed by atoms with Gasteiger partial charge in [-0.25, -0.2) is 4.98 Å². The van der Waals surface area contributed by atoms with E-state index >= 15 is 0 Å². The van der Waals surface area contributed by atoms with E-state index in [9.17, 15) is 18.0 Å². The standard InChI is InChI=1S/C21H20F3N3O2/c1-2-11-29-18-6-4-3-5-15(18)7-10-20(28)25-12-17-14-27-13-16(21(22,23)24)8-9-19(27)26-17/h3-10,13-14H,2,11-12H2,1H3,(H,25,28)/b10-7+. The second kappa shape index (κ2) is 8.81. The van der Waals surface area contributed by atoms with Gasteiger partial charge in [0.25, 0.3) is 0 Å². The van der Waals surface area contributed by atoms with Crippen LogP contribution in [0.5, 0.6) is 5.75 Å². The van der Waals surface area contributed by atoms with E-state index in [4.69, 9.17) is 4.74 Å². The van der Waals surface area contributed by atoms with Crippen LogP contribution in [-0.4, -0.2) is 21.9 Å². The van der Waals surface area contributed by atoms with Gasteiger partial charge in [-0.15, -0.1) is 0 Å². The maximum atomic E-state index is 12.8. The minimum absolute atomic E-state index is 0.0974. The summed E-state index contributed by atoms with van der Waals surface area (Å²) in [7, 11) is 0. The summed E-state index contributed by atoms with van der Waals surface area (Å²) in [5.41, 5.74) is 0.853. The zero-order chi connectivity index (χ0) is 20.9. The molecule has 29 heavy (non-hydrogen) atoms. The normalized spacial score (nSPS) is 11.9. The van der Waals surface area contributed by atoms with Gasteiger partial charge in [-0.3, -0.25) is 4.79 Å². The molecule has 0 saturated heterocycles. The average molecular weight is 403 g/mol. The summed E-state index contributed by atoms with van der Waals surface area (Å²) in [5.74, 6) is 0.350. The van der Waals surface area contributed by atoms with Crippen molar-refractivity contribution in [2.24, 2.45) is 0 Å². The third-order valence-corrected chi connectivity index (χ3v) is 4.07. The average Bonchev–Trinajstić information content (AvgIpc) is 3.11. The van der Waals surface area contributed by atoms with Crippen LogP contribution >= 0.6 is 0 Å². The van der Waals surface area contributed by atoms with Gasteiger partial charge in [0.2, 0.25) is 5.91 Å². The fourth-order valence-corrected chi connectivity index (χ4v) is 2.66. The number of hydrogen-bond acceptors (Lipinski definition) is 3. The topological polar surface area (TPSA) is 55.6 Å². The first-order valence-corrected chi connectivity index (χ1v) is 9.09. The molecule has 0 unspecified atom stereocenters. The Morgan fingerprint density at radius 1 is 1.21 bits per heavy atom. The lowest BCUT2D eigenvalue weighted by molar-refractivity contribution is -0.137. The van der Waals surface area contributed by atoms with Crippen molar-refractivity contribution in [2.75, 3.05) is 6.61 Å². The van der Waals surface area contributed by atoms with Crippen LogP contribution in [0.4, 0.5) is 13.2 Å². The number of benzene rings is 1. The minimum Gasteiger partial charge on any atom is -0.493 e. The molecule has 0 aliphatic carbocycles. The molecular weight excluding hydrogens is 383 g/mol. The summed E-state index contributed by atoms with van der Waals surface area (Å²) < 4.78 is 45.3. The molecule has 0 radical (unpaired) electrons. The summed E-state index contributed by atoms with van der Waals surface area (Å²) in [6.45, 7) is 2.69. The lowest BCUT2D eigenvalue weighted by Gasteiger charge is -2.07. The zero-order valence-corrected chi connectivity index (χ0v) is 15.7. The largest absolute Gasteiger partial charge is 0.493 e. The maximum absolute atomic E-state index is 12.8. The Morgan fingerprint density at radius 2 is 2.00 bits per heavy atom. The lowest BCUT2D eigenvalue weighted by Crippen LogP contribution is -2.20. The number of rotatable bonds is 7. The van der Waals surface area contributed by atoms with Gasteiger partial charge in [-0.1, -0.05) is 25.1 Å². The van der Waals surface area contributed by atoms with E-state index in [1.54, 1.807) is 6.08 Å². The third kappa shape index (κ3) is 5.37. The van der Waals surface area contributed by atoms with Crippen LogP contribution in [0, 0.1) is 0 Å². The predicted octanol–water partition coefficient (Wildman–Crippen LogP) is 4.47. The molecule has 2 aromatic heterocycles. The second-order valence-electron chi connectivity index (χ2n) is 6.35. The number of ether oxygens (including phenoxy) is 1. The van der Waals surface area contributed by atoms with E-state index < -0.39 is 11.7 Å². The van der Waals surface area contributed by atoms with Crippen LogP contribution in [0.25, 0.3) is 11.7 Å². The Labute approximate surface area is 165 Å². The van der Waals surface area contributed by atoms with Crippen molar-refractivity contribution in [2.45, 2.75) is 26.1 Å². The number of carbonyl (C=O) groups excluding carboxylic acids is 1. The number of carbonyl (C=O) groups is 1. The number of pyridine rings is 1. The molecule has 1 amide bonds. The summed E-state index contributed by atoms with van der Waals surface area (Å²) in [6, 6.07) is 9.65. The molecule has 0 saturated carbocycles. The van der Waals surface area contributed by atoms with Crippen LogP contribution in [0.2, 0.25) is 0 Å². The second-order valence-corrected chi connectivity index (χ2v) is 6.35. The Morgan fingerprint density at radius 3 is 2.76 bits per heavy atom. The number of para-hydroxylation sites is 1. The maximum Gasteiger partial charge on any atom is 0.417 e. The molecule has 1 N–H and O–H groups in total. The van der Waals surface area contributed by atoms with Gasteiger partial charge in [-0.2, -0.15) is 13.2 Å². The highest BCUT2D eigenvalue weighted by Crippen LogP contribution is 2.29. The molecule has 0 bridgehead atoms. The Kier molecular flexibility index (Phi) is 6.21. The monoisotopic (exact) mass is 403 g/mol. The number of nitrogens with zero attached hydrogens (tertiary/aromatic N) is 2. The van der Waals surface area contributed by atoms with Crippen molar-refractivity contribution < 1.29 is 22.7 Å². The highest BCUT2D eigenvalue weighted by Gasteiger charge is 2.30. The number of hydrogen-bond donors (Lipinski definition) is 1. The molecule has 1 aromatic carbocycles. The van der Waals surface area contributed by atoms with Crippen molar-refractivity contribution in [1.82, 2.24) is 14.7 Å². The quantitative estimate of drug-likeness (QED) is 0.592. The number of amides is 1. The van der Waals surface area contributed by atoms with Crippen molar-refractivity contribution in [1.29, 1.82) is 0 Å². The van der Waals surface area contributed by atoms with Gasteiger partial charge in [0.05, 0.1) is 24.4 Å². The lowest BCUT2D eigenvalue weighted by atomic mass is 10.2. The Hall–Kier alpha value is -3.29. The number of nitrogens with one attached hydrogen (secondary N) is 1. The van der Waals surface area contributed by atoms with Gasteiger partial charge >= 0.3 is 6.18 Å². The first kappa shape index (κ1) is 20.4. The number of halogens is 3. The molecular formula is C21H20F3N3O2. The van der Waals surface area contributed by atoms with E-state index in [2.05, 4.69) is 10.3 Å². The molecule has 0 aliphatic heterocycles. The van der Waals surface area contributed by atoms with Crippen LogP contribution < -0.4 is 10.1 Å². The molecule has 8 heteroatoms. The van der Waals surface area contributed by atoms with Crippen molar-refractivity contribution >= 4 is 17.6 Å². The molecule has 0 spiro atoms. The van der Waals surface area contributed by atoms with Crippen LogP contribution in [0.1, 0.15) is 30.2 Å². The fourth-order valence-electron chi connectivity index (χ4n) is 2.66. The van der Waals surface area contributed by atoms with E-state index in [-0.39, 0.29) is 12.5 Å².